The molecule has 82 valence electrons. The molecule has 1 heterocycles. The van der Waals surface area contributed by atoms with Gasteiger partial charge >= 0.3 is 0 Å². The largest absolute Gasteiger partial charge is 0.507 e. The summed E-state index contributed by atoms with van der Waals surface area (Å²) in [5, 5.41) is 12.3. The summed E-state index contributed by atoms with van der Waals surface area (Å²) in [6, 6.07) is 5.65. The summed E-state index contributed by atoms with van der Waals surface area (Å²) in [6.45, 7) is 0.926. The molecule has 0 aliphatic carbocycles. The topological polar surface area (TPSA) is 32.3 Å². The van der Waals surface area contributed by atoms with E-state index in [0.29, 0.717) is 19.5 Å². The van der Waals surface area contributed by atoms with E-state index in [1.807, 2.05) is 0 Å². The van der Waals surface area contributed by atoms with Crippen LogP contribution in [0.25, 0.3) is 0 Å². The van der Waals surface area contributed by atoms with Gasteiger partial charge in [-0.1, -0.05) is 12.1 Å². The third-order valence-electron chi connectivity index (χ3n) is 2.84. The molecule has 0 amide bonds. The molecule has 1 unspecified atom stereocenters. The van der Waals surface area contributed by atoms with E-state index in [2.05, 4.69) is 5.32 Å². The molecule has 4 heteroatoms. The molecule has 1 aromatic carbocycles. The number of benzene rings is 1. The summed E-state index contributed by atoms with van der Waals surface area (Å²) >= 11 is 0. The number of hydrogen-bond donors (Lipinski definition) is 2. The Balaban J connectivity index is 2.31. The highest BCUT2D eigenvalue weighted by Crippen LogP contribution is 2.42. The molecular weight excluding hydrogens is 200 g/mol. The van der Waals surface area contributed by atoms with Crippen molar-refractivity contribution < 1.29 is 13.9 Å². The molecule has 1 saturated heterocycles. The fourth-order valence-electron chi connectivity index (χ4n) is 1.94. The molecular formula is C11H13F2NO. The van der Waals surface area contributed by atoms with Crippen LogP contribution in [0.4, 0.5) is 8.78 Å². The standard InChI is InChI=1S/C11H13F2NO/c12-11(13,8-5-6-14-7-8)9-3-1-2-4-10(9)15/h1-4,8,14-15H,5-7H2. The van der Waals surface area contributed by atoms with Gasteiger partial charge in [-0.05, 0) is 25.1 Å². The number of nitrogens with one attached hydrogen (secondary N) is 1. The Morgan fingerprint density at radius 2 is 2.07 bits per heavy atom. The summed E-state index contributed by atoms with van der Waals surface area (Å²) in [5.41, 5.74) is -0.265. The first kappa shape index (κ1) is 10.4. The van der Waals surface area contributed by atoms with Gasteiger partial charge in [0.05, 0.1) is 5.56 Å². The number of rotatable bonds is 2. The first-order valence-corrected chi connectivity index (χ1v) is 4.99. The average molecular weight is 213 g/mol. The Morgan fingerprint density at radius 3 is 2.67 bits per heavy atom. The quantitative estimate of drug-likeness (QED) is 0.788. The molecule has 0 aromatic heterocycles. The lowest BCUT2D eigenvalue weighted by Gasteiger charge is -2.23. The summed E-state index contributed by atoms with van der Waals surface area (Å²) in [5.74, 6) is -3.99. The van der Waals surface area contributed by atoms with Crippen LogP contribution in [-0.2, 0) is 5.92 Å². The van der Waals surface area contributed by atoms with E-state index in [1.54, 1.807) is 6.07 Å². The molecule has 1 aliphatic heterocycles. The van der Waals surface area contributed by atoms with Crippen LogP contribution in [0.5, 0.6) is 5.75 Å². The van der Waals surface area contributed by atoms with Gasteiger partial charge < -0.3 is 10.4 Å². The monoisotopic (exact) mass is 213 g/mol. The van der Waals surface area contributed by atoms with E-state index < -0.39 is 11.8 Å². The summed E-state index contributed by atoms with van der Waals surface area (Å²) in [7, 11) is 0. The van der Waals surface area contributed by atoms with Crippen molar-refractivity contribution >= 4 is 0 Å². The Bertz CT molecular complexity index is 348. The number of aromatic hydroxyl groups is 1. The highest BCUT2D eigenvalue weighted by atomic mass is 19.3. The van der Waals surface area contributed by atoms with Crippen LogP contribution >= 0.6 is 0 Å². The maximum absolute atomic E-state index is 13.9. The van der Waals surface area contributed by atoms with Crippen molar-refractivity contribution in [2.45, 2.75) is 12.3 Å². The van der Waals surface area contributed by atoms with Gasteiger partial charge in [0.2, 0.25) is 0 Å². The van der Waals surface area contributed by atoms with Crippen LogP contribution in [0.3, 0.4) is 0 Å². The number of phenols is 1. The van der Waals surface area contributed by atoms with Gasteiger partial charge in [0, 0.05) is 12.5 Å². The summed E-state index contributed by atoms with van der Waals surface area (Å²) in [4.78, 5) is 0. The SMILES string of the molecule is Oc1ccccc1C(F)(F)C1CCNC1. The van der Waals surface area contributed by atoms with Crippen molar-refractivity contribution in [1.82, 2.24) is 5.32 Å². The molecule has 1 aromatic rings. The predicted octanol–water partition coefficient (Wildman–Crippen LogP) is 2.09. The highest BCUT2D eigenvalue weighted by Gasteiger charge is 2.44. The van der Waals surface area contributed by atoms with E-state index in [4.69, 9.17) is 0 Å². The van der Waals surface area contributed by atoms with Crippen molar-refractivity contribution in [2.75, 3.05) is 13.1 Å². The second-order valence-corrected chi connectivity index (χ2v) is 3.83. The Kier molecular flexibility index (Phi) is 2.61. The minimum atomic E-state index is -2.95. The van der Waals surface area contributed by atoms with Crippen molar-refractivity contribution in [3.8, 4) is 5.75 Å². The van der Waals surface area contributed by atoms with Crippen LogP contribution < -0.4 is 5.32 Å². The molecule has 0 saturated carbocycles. The lowest BCUT2D eigenvalue weighted by molar-refractivity contribution is -0.0591. The predicted molar refractivity (Wildman–Crippen MR) is 53.0 cm³/mol. The fraction of sp³-hybridized carbons (Fsp3) is 0.455. The number of halogens is 2. The number of phenolic OH excluding ortho intramolecular Hbond substituents is 1. The first-order valence-electron chi connectivity index (χ1n) is 4.99. The first-order chi connectivity index (χ1) is 7.12. The van der Waals surface area contributed by atoms with Gasteiger partial charge in [0.25, 0.3) is 5.92 Å². The molecule has 0 bridgehead atoms. The normalized spacial score (nSPS) is 21.9. The van der Waals surface area contributed by atoms with Crippen LogP contribution in [0, 0.1) is 5.92 Å². The van der Waals surface area contributed by atoms with Crippen molar-refractivity contribution in [2.24, 2.45) is 5.92 Å². The van der Waals surface area contributed by atoms with Gasteiger partial charge in [-0.25, -0.2) is 8.78 Å². The molecule has 1 fully saturated rings. The van der Waals surface area contributed by atoms with Crippen molar-refractivity contribution in [1.29, 1.82) is 0 Å². The average Bonchev–Trinajstić information content (AvgIpc) is 2.71. The van der Waals surface area contributed by atoms with Crippen molar-refractivity contribution in [3.05, 3.63) is 29.8 Å². The number of hydrogen-bond acceptors (Lipinski definition) is 2. The maximum Gasteiger partial charge on any atom is 0.280 e. The van der Waals surface area contributed by atoms with Gasteiger partial charge in [0.15, 0.2) is 0 Å². The van der Waals surface area contributed by atoms with Gasteiger partial charge in [-0.2, -0.15) is 0 Å². The summed E-state index contributed by atoms with van der Waals surface area (Å²) in [6.07, 6.45) is 0.446. The second-order valence-electron chi connectivity index (χ2n) is 3.83. The van der Waals surface area contributed by atoms with Crippen LogP contribution in [-0.4, -0.2) is 18.2 Å². The molecule has 2 N–H and O–H groups in total. The molecule has 0 radical (unpaired) electrons. The zero-order valence-corrected chi connectivity index (χ0v) is 8.21. The molecule has 2 nitrogen and oxygen atoms in total. The van der Waals surface area contributed by atoms with Crippen LogP contribution in [0.1, 0.15) is 12.0 Å². The second kappa shape index (κ2) is 3.77. The van der Waals surface area contributed by atoms with Crippen LogP contribution in [0.2, 0.25) is 0 Å². The Labute approximate surface area is 86.9 Å². The molecule has 2 rings (SSSR count). The lowest BCUT2D eigenvalue weighted by atomic mass is 9.93. The van der Waals surface area contributed by atoms with Gasteiger partial charge in [-0.15, -0.1) is 0 Å². The molecule has 0 spiro atoms. The minimum absolute atomic E-state index is 0.265. The van der Waals surface area contributed by atoms with E-state index in [0.717, 1.165) is 0 Å². The van der Waals surface area contributed by atoms with E-state index in [1.165, 1.54) is 18.2 Å². The smallest absolute Gasteiger partial charge is 0.280 e. The Morgan fingerprint density at radius 1 is 1.33 bits per heavy atom. The van der Waals surface area contributed by atoms with Gasteiger partial charge in [-0.3, -0.25) is 0 Å². The molecule has 1 atom stereocenters. The zero-order valence-electron chi connectivity index (χ0n) is 8.21. The van der Waals surface area contributed by atoms with Crippen LogP contribution in [0.15, 0.2) is 24.3 Å². The highest BCUT2D eigenvalue weighted by molar-refractivity contribution is 5.36. The third-order valence-corrected chi connectivity index (χ3v) is 2.84. The number of para-hydroxylation sites is 1. The van der Waals surface area contributed by atoms with E-state index in [9.17, 15) is 13.9 Å². The van der Waals surface area contributed by atoms with E-state index in [-0.39, 0.29) is 11.3 Å². The minimum Gasteiger partial charge on any atom is -0.507 e. The van der Waals surface area contributed by atoms with E-state index >= 15 is 0 Å². The lowest BCUT2D eigenvalue weighted by Crippen LogP contribution is -2.27. The summed E-state index contributed by atoms with van der Waals surface area (Å²) < 4.78 is 27.8. The molecule has 15 heavy (non-hydrogen) atoms. The molecule has 1 aliphatic rings. The zero-order chi connectivity index (χ0) is 10.9. The van der Waals surface area contributed by atoms with Crippen molar-refractivity contribution in [3.63, 3.8) is 0 Å². The Hall–Kier alpha value is -1.16. The maximum atomic E-state index is 13.9. The van der Waals surface area contributed by atoms with Gasteiger partial charge in [0.1, 0.15) is 5.75 Å². The fourth-order valence-corrected chi connectivity index (χ4v) is 1.94. The number of alkyl halides is 2. The third kappa shape index (κ3) is 1.81.